The lowest BCUT2D eigenvalue weighted by Gasteiger charge is -2.34. The van der Waals surface area contributed by atoms with Crippen LogP contribution in [0.4, 0.5) is 0 Å². The number of ether oxygens (including phenoxy) is 1. The Kier molecular flexibility index (Phi) is 6.84. The molecule has 0 aliphatic rings. The molecule has 1 aromatic heterocycles. The Morgan fingerprint density at radius 2 is 2.12 bits per heavy atom. The third-order valence-corrected chi connectivity index (χ3v) is 4.48. The predicted octanol–water partition coefficient (Wildman–Crippen LogP) is 4.09. The maximum atomic E-state index is 6.53. The Morgan fingerprint density at radius 1 is 1.33 bits per heavy atom. The zero-order valence-electron chi connectivity index (χ0n) is 15.1. The third kappa shape index (κ3) is 4.38. The summed E-state index contributed by atoms with van der Waals surface area (Å²) in [6.07, 6.45) is 6.83. The summed E-state index contributed by atoms with van der Waals surface area (Å²) in [4.78, 5) is 6.75. The summed E-state index contributed by atoms with van der Waals surface area (Å²) in [5, 5.41) is 0.721. The number of hydrogen-bond acceptors (Lipinski definition) is 3. The third-order valence-electron chi connectivity index (χ3n) is 4.24. The summed E-state index contributed by atoms with van der Waals surface area (Å²) < 4.78 is 8.57. The first-order chi connectivity index (χ1) is 11.5. The van der Waals surface area contributed by atoms with Crippen LogP contribution in [0.2, 0.25) is 5.02 Å². The normalized spacial score (nSPS) is 14.1. The molecule has 0 bridgehead atoms. The van der Waals surface area contributed by atoms with E-state index in [4.69, 9.17) is 16.3 Å². The fraction of sp³-hybridized carbons (Fsp3) is 0.526. The van der Waals surface area contributed by atoms with Gasteiger partial charge in [0.25, 0.3) is 0 Å². The number of halogens is 1. The average Bonchev–Trinajstić information content (AvgIpc) is 2.97. The van der Waals surface area contributed by atoms with Crippen molar-refractivity contribution in [2.45, 2.75) is 31.8 Å². The van der Waals surface area contributed by atoms with Gasteiger partial charge in [0.05, 0.1) is 6.61 Å². The molecule has 0 amide bonds. The van der Waals surface area contributed by atoms with E-state index in [0.717, 1.165) is 42.2 Å². The Labute approximate surface area is 150 Å². The molecule has 0 aliphatic heterocycles. The molecule has 132 valence electrons. The zero-order chi connectivity index (χ0) is 17.6. The molecule has 1 aromatic carbocycles. The van der Waals surface area contributed by atoms with Crippen LogP contribution >= 0.6 is 11.6 Å². The van der Waals surface area contributed by atoms with E-state index < -0.39 is 5.60 Å². The Bertz CT molecular complexity index is 641. The van der Waals surface area contributed by atoms with Gasteiger partial charge in [-0.3, -0.25) is 0 Å². The number of unbranched alkanes of at least 4 members (excludes halogenated alkanes) is 1. The number of hydrogen-bond donors (Lipinski definition) is 0. The molecule has 0 spiro atoms. The van der Waals surface area contributed by atoms with Crippen LogP contribution in [0, 0.1) is 0 Å². The van der Waals surface area contributed by atoms with Crippen molar-refractivity contribution in [3.8, 4) is 0 Å². The molecule has 4 nitrogen and oxygen atoms in total. The van der Waals surface area contributed by atoms with Crippen molar-refractivity contribution >= 4 is 11.6 Å². The smallest absolute Gasteiger partial charge is 0.151 e. The Hall–Kier alpha value is -1.36. The van der Waals surface area contributed by atoms with Crippen LogP contribution in [0.3, 0.4) is 0 Å². The molecule has 0 radical (unpaired) electrons. The highest BCUT2D eigenvalue weighted by Crippen LogP contribution is 2.38. The van der Waals surface area contributed by atoms with Crippen LogP contribution in [-0.4, -0.2) is 41.7 Å². The predicted molar refractivity (Wildman–Crippen MR) is 99.5 cm³/mol. The van der Waals surface area contributed by atoms with Crippen LogP contribution < -0.4 is 0 Å². The molecule has 5 heteroatoms. The van der Waals surface area contributed by atoms with Gasteiger partial charge in [-0.05, 0) is 38.2 Å². The number of imidazole rings is 1. The van der Waals surface area contributed by atoms with E-state index in [-0.39, 0.29) is 0 Å². The highest BCUT2D eigenvalue weighted by Gasteiger charge is 2.38. The van der Waals surface area contributed by atoms with Crippen molar-refractivity contribution < 1.29 is 4.74 Å². The van der Waals surface area contributed by atoms with Gasteiger partial charge >= 0.3 is 0 Å². The summed E-state index contributed by atoms with van der Waals surface area (Å²) in [7, 11) is 6.12. The summed E-state index contributed by atoms with van der Waals surface area (Å²) in [6, 6.07) is 7.97. The van der Waals surface area contributed by atoms with E-state index >= 15 is 0 Å². The van der Waals surface area contributed by atoms with Crippen molar-refractivity contribution in [2.24, 2.45) is 7.05 Å². The molecule has 0 fully saturated rings. The monoisotopic (exact) mass is 349 g/mol. The van der Waals surface area contributed by atoms with Gasteiger partial charge in [0.15, 0.2) is 5.60 Å². The lowest BCUT2D eigenvalue weighted by Crippen LogP contribution is -2.36. The van der Waals surface area contributed by atoms with Crippen molar-refractivity contribution in [1.29, 1.82) is 0 Å². The first-order valence-corrected chi connectivity index (χ1v) is 8.90. The van der Waals surface area contributed by atoms with Gasteiger partial charge in [0.2, 0.25) is 0 Å². The molecule has 2 aromatic rings. The largest absolute Gasteiger partial charge is 0.361 e. The quantitative estimate of drug-likeness (QED) is 0.683. The second-order valence-corrected chi connectivity index (χ2v) is 6.89. The minimum Gasteiger partial charge on any atom is -0.361 e. The molecule has 1 atom stereocenters. The number of nitrogens with zero attached hydrogens (tertiary/aromatic N) is 3. The van der Waals surface area contributed by atoms with E-state index in [1.165, 1.54) is 0 Å². The topological polar surface area (TPSA) is 30.3 Å². The Morgan fingerprint density at radius 3 is 2.71 bits per heavy atom. The second-order valence-electron chi connectivity index (χ2n) is 6.45. The van der Waals surface area contributed by atoms with Crippen LogP contribution in [-0.2, 0) is 17.4 Å². The minimum absolute atomic E-state index is 0.574. The molecular weight excluding hydrogens is 322 g/mol. The first kappa shape index (κ1) is 19.0. The van der Waals surface area contributed by atoms with Crippen molar-refractivity contribution in [3.05, 3.63) is 53.1 Å². The molecule has 0 saturated carbocycles. The van der Waals surface area contributed by atoms with E-state index in [0.29, 0.717) is 6.61 Å². The summed E-state index contributed by atoms with van der Waals surface area (Å²) in [5.74, 6) is 0.928. The first-order valence-electron chi connectivity index (χ1n) is 8.52. The lowest BCUT2D eigenvalue weighted by atomic mass is 9.87. The summed E-state index contributed by atoms with van der Waals surface area (Å²) in [5.41, 5.74) is 0.492. The molecule has 2 rings (SSSR count). The van der Waals surface area contributed by atoms with Crippen LogP contribution in [0.15, 0.2) is 36.7 Å². The van der Waals surface area contributed by atoms with E-state index in [1.54, 1.807) is 0 Å². The SMILES string of the molecule is CCCCC(OCCN(C)C)(c1cccc(Cl)c1)c1nccn1C. The maximum Gasteiger partial charge on any atom is 0.151 e. The van der Waals surface area contributed by atoms with E-state index in [9.17, 15) is 0 Å². The molecular formula is C19H28ClN3O. The lowest BCUT2D eigenvalue weighted by molar-refractivity contribution is -0.0391. The second kappa shape index (κ2) is 8.65. The molecule has 24 heavy (non-hydrogen) atoms. The summed E-state index contributed by atoms with van der Waals surface area (Å²) >= 11 is 6.28. The van der Waals surface area contributed by atoms with Crippen molar-refractivity contribution in [2.75, 3.05) is 27.2 Å². The van der Waals surface area contributed by atoms with Gasteiger partial charge in [-0.2, -0.15) is 0 Å². The standard InChI is InChI=1S/C19H28ClN3O/c1-5-6-10-19(24-14-13-22(2)3,18-21-11-12-23(18)4)16-8-7-9-17(20)15-16/h7-9,11-12,15H,5-6,10,13-14H2,1-4H3. The van der Waals surface area contributed by atoms with Crippen molar-refractivity contribution in [3.63, 3.8) is 0 Å². The van der Waals surface area contributed by atoms with Crippen LogP contribution in [0.25, 0.3) is 0 Å². The fourth-order valence-electron chi connectivity index (χ4n) is 2.93. The van der Waals surface area contributed by atoms with E-state index in [2.05, 4.69) is 37.0 Å². The van der Waals surface area contributed by atoms with Gasteiger partial charge in [-0.15, -0.1) is 0 Å². The zero-order valence-corrected chi connectivity index (χ0v) is 15.9. The fourth-order valence-corrected chi connectivity index (χ4v) is 3.12. The number of likely N-dealkylation sites (N-methyl/N-ethyl adjacent to an activating group) is 1. The van der Waals surface area contributed by atoms with Crippen LogP contribution in [0.5, 0.6) is 0 Å². The molecule has 1 unspecified atom stereocenters. The number of benzene rings is 1. The molecule has 1 heterocycles. The minimum atomic E-state index is -0.574. The number of aryl methyl sites for hydroxylation is 1. The van der Waals surface area contributed by atoms with Crippen molar-refractivity contribution in [1.82, 2.24) is 14.5 Å². The van der Waals surface area contributed by atoms with E-state index in [1.807, 2.05) is 42.2 Å². The molecule has 0 N–H and O–H groups in total. The van der Waals surface area contributed by atoms with Gasteiger partial charge in [0, 0.05) is 31.0 Å². The van der Waals surface area contributed by atoms with Gasteiger partial charge in [0.1, 0.15) is 5.82 Å². The number of rotatable bonds is 9. The molecule has 0 saturated heterocycles. The highest BCUT2D eigenvalue weighted by atomic mass is 35.5. The maximum absolute atomic E-state index is 6.53. The Balaban J connectivity index is 2.48. The number of aromatic nitrogens is 2. The van der Waals surface area contributed by atoms with Gasteiger partial charge in [-0.25, -0.2) is 4.98 Å². The van der Waals surface area contributed by atoms with Gasteiger partial charge in [-0.1, -0.05) is 43.5 Å². The van der Waals surface area contributed by atoms with Gasteiger partial charge < -0.3 is 14.2 Å². The highest BCUT2D eigenvalue weighted by molar-refractivity contribution is 6.30. The van der Waals surface area contributed by atoms with Crippen LogP contribution in [0.1, 0.15) is 37.6 Å². The average molecular weight is 350 g/mol. The molecule has 0 aliphatic carbocycles. The summed E-state index contributed by atoms with van der Waals surface area (Å²) in [6.45, 7) is 3.69.